The predicted octanol–water partition coefficient (Wildman–Crippen LogP) is 3.07. The summed E-state index contributed by atoms with van der Waals surface area (Å²) in [5.41, 5.74) is 8.40. The largest absolute Gasteiger partial charge is 1.00 e. The van der Waals surface area contributed by atoms with E-state index >= 15 is 0 Å². The third-order valence-electron chi connectivity index (χ3n) is 6.66. The number of aryl methyl sites for hydroxylation is 1. The van der Waals surface area contributed by atoms with Crippen molar-refractivity contribution >= 4 is 33.2 Å². The van der Waals surface area contributed by atoms with Crippen molar-refractivity contribution in [2.45, 2.75) is 5.92 Å². The topological polar surface area (TPSA) is 63.5 Å². The van der Waals surface area contributed by atoms with Crippen LogP contribution in [0.15, 0.2) is 84.9 Å². The molecule has 0 saturated heterocycles. The van der Waals surface area contributed by atoms with Crippen LogP contribution in [0.4, 0.5) is 11.4 Å². The highest BCUT2D eigenvalue weighted by molar-refractivity contribution is 6.05. The molecule has 162 valence electrons. The van der Waals surface area contributed by atoms with Gasteiger partial charge in [-0.1, -0.05) is 54.6 Å². The Morgan fingerprint density at radius 2 is 1.44 bits per heavy atom. The van der Waals surface area contributed by atoms with Crippen LogP contribution in [0.1, 0.15) is 22.6 Å². The molecule has 1 unspecified atom stereocenters. The minimum absolute atomic E-state index is 0. The molecule has 1 aliphatic heterocycles. The number of fused-ring (bicyclic) bond motifs is 4. The summed E-state index contributed by atoms with van der Waals surface area (Å²) in [5, 5.41) is 25.8. The van der Waals surface area contributed by atoms with E-state index < -0.39 is 5.92 Å². The number of rotatable bonds is 1. The highest BCUT2D eigenvalue weighted by Crippen LogP contribution is 2.46. The molecule has 0 amide bonds. The van der Waals surface area contributed by atoms with Crippen LogP contribution in [0.3, 0.4) is 0 Å². The van der Waals surface area contributed by atoms with Crippen LogP contribution in [-0.2, 0) is 7.05 Å². The van der Waals surface area contributed by atoms with Gasteiger partial charge in [0.1, 0.15) is 19.0 Å². The molecule has 4 nitrogen and oxygen atoms in total. The third kappa shape index (κ3) is 2.94. The Kier molecular flexibility index (Phi) is 5.17. The van der Waals surface area contributed by atoms with Crippen molar-refractivity contribution in [1.82, 2.24) is 0 Å². The Balaban J connectivity index is 0.00000241. The van der Waals surface area contributed by atoms with Gasteiger partial charge in [-0.25, -0.2) is 0 Å². The molecule has 5 aromatic rings. The molecular formula is C29H19ClN4. The summed E-state index contributed by atoms with van der Waals surface area (Å²) >= 11 is 0. The number of nitriles is 2. The van der Waals surface area contributed by atoms with Gasteiger partial charge < -0.3 is 17.7 Å². The highest BCUT2D eigenvalue weighted by Gasteiger charge is 2.30. The Labute approximate surface area is 203 Å². The molecule has 0 spiro atoms. The smallest absolute Gasteiger partial charge is 0.214 e. The number of hydrogen-bond donors (Lipinski definition) is 1. The van der Waals surface area contributed by atoms with E-state index in [1.165, 1.54) is 0 Å². The lowest BCUT2D eigenvalue weighted by molar-refractivity contribution is -0.617. The van der Waals surface area contributed by atoms with Crippen LogP contribution in [0.5, 0.6) is 0 Å². The molecule has 1 atom stereocenters. The molecule has 6 rings (SSSR count). The first-order valence-corrected chi connectivity index (χ1v) is 10.9. The van der Waals surface area contributed by atoms with Gasteiger partial charge in [0, 0.05) is 29.1 Å². The highest BCUT2D eigenvalue weighted by atomic mass is 35.5. The first kappa shape index (κ1) is 21.5. The van der Waals surface area contributed by atoms with Gasteiger partial charge in [0.15, 0.2) is 0 Å². The lowest BCUT2D eigenvalue weighted by Gasteiger charge is -2.28. The second-order valence-electron chi connectivity index (χ2n) is 8.30. The Hall–Kier alpha value is -4.38. The van der Waals surface area contributed by atoms with E-state index in [2.05, 4.69) is 40.2 Å². The van der Waals surface area contributed by atoms with Crippen LogP contribution >= 0.6 is 0 Å². The van der Waals surface area contributed by atoms with Crippen LogP contribution in [0.2, 0.25) is 0 Å². The minimum atomic E-state index is -0.399. The summed E-state index contributed by atoms with van der Waals surface area (Å²) in [4.78, 5) is 0. The number of nitrogens with one attached hydrogen (secondary N) is 1. The number of hydrogen-bond acceptors (Lipinski definition) is 3. The number of pyridine rings is 1. The SMILES string of the molecule is C[n+]1c2ccccc2c(C#N)c2c(-c3cccc4c3C(C#N)c3ccccc3N4)cccc21.[Cl-]. The van der Waals surface area contributed by atoms with Crippen molar-refractivity contribution in [2.24, 2.45) is 7.05 Å². The fourth-order valence-corrected chi connectivity index (χ4v) is 5.18. The zero-order valence-corrected chi connectivity index (χ0v) is 19.1. The maximum atomic E-state index is 10.2. The Morgan fingerprint density at radius 3 is 2.26 bits per heavy atom. The number of aromatic nitrogens is 1. The Bertz CT molecular complexity index is 1690. The molecule has 0 fully saturated rings. The lowest BCUT2D eigenvalue weighted by Crippen LogP contribution is -3.00. The summed E-state index contributed by atoms with van der Waals surface area (Å²) in [7, 11) is 2.03. The number of benzene rings is 4. The van der Waals surface area contributed by atoms with Gasteiger partial charge in [-0.2, -0.15) is 15.1 Å². The Morgan fingerprint density at radius 1 is 0.765 bits per heavy atom. The van der Waals surface area contributed by atoms with Crippen molar-refractivity contribution in [2.75, 3.05) is 5.32 Å². The van der Waals surface area contributed by atoms with Gasteiger partial charge in [0.2, 0.25) is 11.0 Å². The van der Waals surface area contributed by atoms with Crippen LogP contribution in [-0.4, -0.2) is 0 Å². The summed E-state index contributed by atoms with van der Waals surface area (Å²) in [6.07, 6.45) is 0. The second-order valence-corrected chi connectivity index (χ2v) is 8.30. The first-order chi connectivity index (χ1) is 16.2. The fourth-order valence-electron chi connectivity index (χ4n) is 5.18. The summed E-state index contributed by atoms with van der Waals surface area (Å²) in [5.74, 6) is -0.399. The van der Waals surface area contributed by atoms with E-state index in [-0.39, 0.29) is 12.4 Å². The van der Waals surface area contributed by atoms with Crippen molar-refractivity contribution in [3.8, 4) is 23.3 Å². The van der Waals surface area contributed by atoms with E-state index in [0.717, 1.165) is 55.4 Å². The monoisotopic (exact) mass is 458 g/mol. The molecule has 0 radical (unpaired) electrons. The quantitative estimate of drug-likeness (QED) is 0.310. The van der Waals surface area contributed by atoms with Crippen LogP contribution in [0.25, 0.3) is 32.9 Å². The average Bonchev–Trinajstić information content (AvgIpc) is 2.87. The van der Waals surface area contributed by atoms with E-state index in [1.54, 1.807) is 0 Å². The molecule has 0 aliphatic carbocycles. The summed E-state index contributed by atoms with van der Waals surface area (Å²) < 4.78 is 2.14. The fraction of sp³-hybridized carbons (Fsp3) is 0.0690. The van der Waals surface area contributed by atoms with Crippen LogP contribution in [0, 0.1) is 22.7 Å². The van der Waals surface area contributed by atoms with Crippen LogP contribution < -0.4 is 22.3 Å². The van der Waals surface area contributed by atoms with Crippen molar-refractivity contribution in [1.29, 1.82) is 10.5 Å². The molecule has 1 N–H and O–H groups in total. The number of nitrogens with zero attached hydrogens (tertiary/aromatic N) is 3. The first-order valence-electron chi connectivity index (χ1n) is 10.9. The maximum Gasteiger partial charge on any atom is 0.214 e. The summed E-state index contributed by atoms with van der Waals surface area (Å²) in [6, 6.07) is 33.2. The van der Waals surface area contributed by atoms with Crippen molar-refractivity contribution in [3.05, 3.63) is 102 Å². The summed E-state index contributed by atoms with van der Waals surface area (Å²) in [6.45, 7) is 0. The molecule has 4 aromatic carbocycles. The molecule has 1 aliphatic rings. The maximum absolute atomic E-state index is 10.2. The molecule has 1 aromatic heterocycles. The van der Waals surface area contributed by atoms with Crippen molar-refractivity contribution < 1.29 is 17.0 Å². The van der Waals surface area contributed by atoms with Gasteiger partial charge >= 0.3 is 0 Å². The van der Waals surface area contributed by atoms with Gasteiger partial charge in [0.05, 0.1) is 22.4 Å². The molecule has 0 saturated carbocycles. The number of para-hydroxylation sites is 2. The minimum Gasteiger partial charge on any atom is -1.00 e. The molecule has 0 bridgehead atoms. The average molecular weight is 459 g/mol. The normalized spacial score (nSPS) is 13.7. The molecule has 5 heteroatoms. The van der Waals surface area contributed by atoms with Gasteiger partial charge in [-0.3, -0.25) is 0 Å². The van der Waals surface area contributed by atoms with E-state index in [1.807, 2.05) is 73.8 Å². The number of anilines is 2. The van der Waals surface area contributed by atoms with E-state index in [0.29, 0.717) is 5.56 Å². The van der Waals surface area contributed by atoms with Crippen molar-refractivity contribution in [3.63, 3.8) is 0 Å². The predicted molar refractivity (Wildman–Crippen MR) is 130 cm³/mol. The zero-order chi connectivity index (χ0) is 22.5. The molecule has 2 heterocycles. The van der Waals surface area contributed by atoms with Gasteiger partial charge in [0.25, 0.3) is 0 Å². The van der Waals surface area contributed by atoms with E-state index in [4.69, 9.17) is 0 Å². The number of halogens is 1. The van der Waals surface area contributed by atoms with E-state index in [9.17, 15) is 10.5 Å². The second kappa shape index (κ2) is 8.19. The van der Waals surface area contributed by atoms with Gasteiger partial charge in [-0.05, 0) is 34.9 Å². The zero-order valence-electron chi connectivity index (χ0n) is 18.4. The molecular weight excluding hydrogens is 440 g/mol. The lowest BCUT2D eigenvalue weighted by atomic mass is 9.81. The third-order valence-corrected chi connectivity index (χ3v) is 6.66. The standard InChI is InChI=1S/C29H19N4.ClH/c1-33-26-14-5-3-9-19(26)23(17-31)29-21(11-7-15-27(29)33)20-10-6-13-25-28(20)22(16-30)18-8-2-4-12-24(18)32-25;/h2-15,22,32H,1H3;1H/q+1;/p-1. The van der Waals surface area contributed by atoms with Gasteiger partial charge in [-0.15, -0.1) is 0 Å². The molecule has 34 heavy (non-hydrogen) atoms.